The van der Waals surface area contributed by atoms with E-state index in [1.807, 2.05) is 13.8 Å². The van der Waals surface area contributed by atoms with Crippen molar-refractivity contribution in [3.8, 4) is 0 Å². The fraction of sp³-hybridized carbons (Fsp3) is 0.391. The summed E-state index contributed by atoms with van der Waals surface area (Å²) < 4.78 is 42.9. The van der Waals surface area contributed by atoms with E-state index in [0.717, 1.165) is 0 Å². The summed E-state index contributed by atoms with van der Waals surface area (Å²) in [5.41, 5.74) is -1.49. The van der Waals surface area contributed by atoms with Crippen molar-refractivity contribution in [2.24, 2.45) is 0 Å². The van der Waals surface area contributed by atoms with Crippen LogP contribution in [-0.4, -0.2) is 26.9 Å². The first-order valence-corrected chi connectivity index (χ1v) is 10.4. The Kier molecular flexibility index (Phi) is 5.17. The number of anilines is 1. The molecule has 3 aromatic rings. The van der Waals surface area contributed by atoms with E-state index in [9.17, 15) is 18.3 Å². The van der Waals surface area contributed by atoms with Gasteiger partial charge in [0.1, 0.15) is 5.82 Å². The van der Waals surface area contributed by atoms with Crippen molar-refractivity contribution in [3.05, 3.63) is 64.6 Å². The van der Waals surface area contributed by atoms with Crippen LogP contribution in [0.5, 0.6) is 0 Å². The van der Waals surface area contributed by atoms with E-state index in [-0.39, 0.29) is 6.42 Å². The predicted octanol–water partition coefficient (Wildman–Crippen LogP) is 6.11. The molecule has 8 heteroatoms. The maximum absolute atomic E-state index is 14.3. The SMILES string of the molecule is Cc1ncc2c(NC3c4ccc(Cl)cc4C(C)(C)CCC3(O)C(F)(F)F)cccc2n1. The molecule has 0 fully saturated rings. The van der Waals surface area contributed by atoms with Crippen molar-refractivity contribution in [1.82, 2.24) is 9.97 Å². The summed E-state index contributed by atoms with van der Waals surface area (Å²) in [6.45, 7) is 5.49. The van der Waals surface area contributed by atoms with Crippen LogP contribution in [0.15, 0.2) is 42.6 Å². The van der Waals surface area contributed by atoms with Crippen LogP contribution in [0.3, 0.4) is 0 Å². The number of fused-ring (bicyclic) bond motifs is 2. The second kappa shape index (κ2) is 7.35. The molecule has 0 saturated heterocycles. The molecule has 0 saturated carbocycles. The first-order chi connectivity index (χ1) is 14.4. The van der Waals surface area contributed by atoms with Gasteiger partial charge in [-0.1, -0.05) is 37.6 Å². The molecule has 164 valence electrons. The molecular weight excluding hydrogens is 427 g/mol. The van der Waals surface area contributed by atoms with Crippen molar-refractivity contribution < 1.29 is 18.3 Å². The van der Waals surface area contributed by atoms with Crippen LogP contribution in [0.4, 0.5) is 18.9 Å². The van der Waals surface area contributed by atoms with Gasteiger partial charge in [-0.3, -0.25) is 0 Å². The van der Waals surface area contributed by atoms with E-state index in [1.165, 1.54) is 0 Å². The number of aromatic nitrogens is 2. The predicted molar refractivity (Wildman–Crippen MR) is 115 cm³/mol. The zero-order chi connectivity index (χ0) is 22.6. The molecule has 31 heavy (non-hydrogen) atoms. The molecule has 1 heterocycles. The topological polar surface area (TPSA) is 58.0 Å². The minimum atomic E-state index is -4.85. The molecule has 2 aromatic carbocycles. The van der Waals surface area contributed by atoms with E-state index >= 15 is 0 Å². The van der Waals surface area contributed by atoms with Crippen LogP contribution in [-0.2, 0) is 5.41 Å². The molecular formula is C23H23ClF3N3O. The lowest BCUT2D eigenvalue weighted by atomic mass is 9.79. The van der Waals surface area contributed by atoms with Crippen LogP contribution in [0, 0.1) is 6.92 Å². The highest BCUT2D eigenvalue weighted by Crippen LogP contribution is 2.52. The van der Waals surface area contributed by atoms with Gasteiger partial charge in [-0.05, 0) is 60.6 Å². The van der Waals surface area contributed by atoms with Crippen molar-refractivity contribution in [2.75, 3.05) is 5.32 Å². The first-order valence-electron chi connectivity index (χ1n) is 10.0. The molecule has 1 aliphatic carbocycles. The van der Waals surface area contributed by atoms with Gasteiger partial charge in [-0.2, -0.15) is 13.2 Å². The molecule has 4 rings (SSSR count). The highest BCUT2D eigenvalue weighted by Gasteiger charge is 2.61. The zero-order valence-electron chi connectivity index (χ0n) is 17.4. The van der Waals surface area contributed by atoms with E-state index in [4.69, 9.17) is 11.6 Å². The lowest BCUT2D eigenvalue weighted by Gasteiger charge is -2.38. The van der Waals surface area contributed by atoms with Gasteiger partial charge in [-0.25, -0.2) is 9.97 Å². The summed E-state index contributed by atoms with van der Waals surface area (Å²) in [7, 11) is 0. The van der Waals surface area contributed by atoms with Gasteiger partial charge in [0.05, 0.1) is 11.6 Å². The fourth-order valence-corrected chi connectivity index (χ4v) is 4.51. The molecule has 4 nitrogen and oxygen atoms in total. The zero-order valence-corrected chi connectivity index (χ0v) is 18.1. The Morgan fingerprint density at radius 3 is 2.61 bits per heavy atom. The fourth-order valence-electron chi connectivity index (χ4n) is 4.34. The van der Waals surface area contributed by atoms with Crippen molar-refractivity contribution in [3.63, 3.8) is 0 Å². The quantitative estimate of drug-likeness (QED) is 0.463. The first kappa shape index (κ1) is 21.8. The largest absolute Gasteiger partial charge is 0.419 e. The third-order valence-corrected chi connectivity index (χ3v) is 6.44. The lowest BCUT2D eigenvalue weighted by molar-refractivity contribution is -0.269. The average Bonchev–Trinajstić information content (AvgIpc) is 2.77. The lowest BCUT2D eigenvalue weighted by Crippen LogP contribution is -2.52. The van der Waals surface area contributed by atoms with Gasteiger partial charge in [0.2, 0.25) is 0 Å². The smallest absolute Gasteiger partial charge is 0.379 e. The number of nitrogens with one attached hydrogen (secondary N) is 1. The summed E-state index contributed by atoms with van der Waals surface area (Å²) in [6.07, 6.45) is -3.57. The van der Waals surface area contributed by atoms with E-state index < -0.39 is 29.7 Å². The van der Waals surface area contributed by atoms with Gasteiger partial charge in [0, 0.05) is 22.3 Å². The van der Waals surface area contributed by atoms with Crippen molar-refractivity contribution >= 4 is 28.2 Å². The summed E-state index contributed by atoms with van der Waals surface area (Å²) in [5.74, 6) is 0.563. The summed E-state index contributed by atoms with van der Waals surface area (Å²) in [5, 5.41) is 15.1. The van der Waals surface area contributed by atoms with E-state index in [2.05, 4.69) is 15.3 Å². The normalized spacial score (nSPS) is 23.3. The number of alkyl halides is 3. The molecule has 0 amide bonds. The number of halogens is 4. The summed E-state index contributed by atoms with van der Waals surface area (Å²) in [6, 6.07) is 8.55. The Morgan fingerprint density at radius 1 is 1.16 bits per heavy atom. The number of aryl methyl sites for hydroxylation is 1. The minimum absolute atomic E-state index is 0.145. The van der Waals surface area contributed by atoms with Crippen molar-refractivity contribution in [2.45, 2.75) is 56.8 Å². The van der Waals surface area contributed by atoms with Gasteiger partial charge >= 0.3 is 6.18 Å². The van der Waals surface area contributed by atoms with Crippen LogP contribution < -0.4 is 5.32 Å². The molecule has 2 atom stereocenters. The number of rotatable bonds is 2. The molecule has 0 aliphatic heterocycles. The third-order valence-electron chi connectivity index (χ3n) is 6.20. The average molecular weight is 450 g/mol. The Balaban J connectivity index is 1.94. The minimum Gasteiger partial charge on any atom is -0.379 e. The molecule has 0 radical (unpaired) electrons. The maximum Gasteiger partial charge on any atom is 0.419 e. The number of hydrogen-bond donors (Lipinski definition) is 2. The number of aliphatic hydroxyl groups is 1. The number of hydrogen-bond acceptors (Lipinski definition) is 4. The Bertz CT molecular complexity index is 1150. The molecule has 2 N–H and O–H groups in total. The van der Waals surface area contributed by atoms with Gasteiger partial charge < -0.3 is 10.4 Å². The van der Waals surface area contributed by atoms with Gasteiger partial charge in [0.25, 0.3) is 0 Å². The molecule has 1 aliphatic rings. The highest BCUT2D eigenvalue weighted by atomic mass is 35.5. The van der Waals surface area contributed by atoms with E-state index in [0.29, 0.717) is 38.6 Å². The molecule has 1 aromatic heterocycles. The van der Waals surface area contributed by atoms with Gasteiger partial charge in [-0.15, -0.1) is 0 Å². The molecule has 2 unspecified atom stereocenters. The van der Waals surface area contributed by atoms with Gasteiger partial charge in [0.15, 0.2) is 5.60 Å². The second-order valence-electron chi connectivity index (χ2n) is 8.77. The van der Waals surface area contributed by atoms with E-state index in [1.54, 1.807) is 49.5 Å². The number of nitrogens with zero attached hydrogens (tertiary/aromatic N) is 2. The molecule has 0 spiro atoms. The highest BCUT2D eigenvalue weighted by molar-refractivity contribution is 6.30. The maximum atomic E-state index is 14.3. The Labute approximate surface area is 183 Å². The standard InChI is InChI=1S/C23H23ClF3N3O/c1-13-28-12-16-18(29-13)5-4-6-19(16)30-20-15-8-7-14(24)11-17(15)21(2,3)9-10-22(20,31)23(25,26)27/h4-8,11-12,20,30-31H,9-10H2,1-3H3. The number of benzene rings is 2. The Morgan fingerprint density at radius 2 is 1.90 bits per heavy atom. The van der Waals surface area contributed by atoms with Crippen LogP contribution in [0.2, 0.25) is 5.02 Å². The van der Waals surface area contributed by atoms with Crippen molar-refractivity contribution in [1.29, 1.82) is 0 Å². The van der Waals surface area contributed by atoms with Crippen LogP contribution in [0.25, 0.3) is 10.9 Å². The summed E-state index contributed by atoms with van der Waals surface area (Å²) in [4.78, 5) is 8.55. The Hall–Kier alpha value is -2.38. The molecule has 0 bridgehead atoms. The van der Waals surface area contributed by atoms with Crippen LogP contribution >= 0.6 is 11.6 Å². The van der Waals surface area contributed by atoms with Crippen LogP contribution in [0.1, 0.15) is 49.7 Å². The summed E-state index contributed by atoms with van der Waals surface area (Å²) >= 11 is 6.20. The second-order valence-corrected chi connectivity index (χ2v) is 9.21. The third kappa shape index (κ3) is 3.74. The monoisotopic (exact) mass is 449 g/mol.